The van der Waals surface area contributed by atoms with Crippen LogP contribution in [0.25, 0.3) is 0 Å². The number of anilines is 1. The fraction of sp³-hybridized carbons (Fsp3) is 0.588. The molecular weight excluding hydrogens is 264 g/mol. The first-order chi connectivity index (χ1) is 10.0. The summed E-state index contributed by atoms with van der Waals surface area (Å²) in [5, 5.41) is 2.79. The van der Waals surface area contributed by atoms with Gasteiger partial charge in [-0.1, -0.05) is 13.8 Å². The van der Waals surface area contributed by atoms with E-state index < -0.39 is 0 Å². The zero-order valence-electron chi connectivity index (χ0n) is 13.2. The van der Waals surface area contributed by atoms with Crippen molar-refractivity contribution in [2.45, 2.75) is 46.1 Å². The highest BCUT2D eigenvalue weighted by atomic mass is 16.5. The number of carbonyl (C=O) groups excluding carboxylic acids is 1. The maximum absolute atomic E-state index is 11.9. The number of hydrogen-bond acceptors (Lipinski definition) is 3. The van der Waals surface area contributed by atoms with Crippen LogP contribution in [0.5, 0.6) is 5.75 Å². The van der Waals surface area contributed by atoms with Gasteiger partial charge in [0, 0.05) is 12.1 Å². The Morgan fingerprint density at radius 2 is 2.10 bits per heavy atom. The van der Waals surface area contributed by atoms with Crippen molar-refractivity contribution in [1.82, 2.24) is 5.32 Å². The number of carbonyl (C=O) groups is 1. The molecule has 116 valence electrons. The maximum Gasteiger partial charge on any atom is 0.251 e. The molecule has 0 bridgehead atoms. The second kappa shape index (κ2) is 6.83. The van der Waals surface area contributed by atoms with Crippen LogP contribution >= 0.6 is 0 Å². The second-order valence-corrected chi connectivity index (χ2v) is 6.12. The predicted octanol–water partition coefficient (Wildman–Crippen LogP) is 3.22. The summed E-state index contributed by atoms with van der Waals surface area (Å²) in [6.07, 6.45) is 3.48. The topological polar surface area (TPSA) is 64.4 Å². The van der Waals surface area contributed by atoms with Gasteiger partial charge in [0.25, 0.3) is 5.91 Å². The van der Waals surface area contributed by atoms with Crippen LogP contribution < -0.4 is 15.8 Å². The second-order valence-electron chi connectivity index (χ2n) is 6.12. The number of nitrogen functional groups attached to an aromatic ring is 1. The Balaban J connectivity index is 2.09. The van der Waals surface area contributed by atoms with E-state index in [4.69, 9.17) is 10.5 Å². The quantitative estimate of drug-likeness (QED) is 0.837. The summed E-state index contributed by atoms with van der Waals surface area (Å²) in [4.78, 5) is 11.9. The Morgan fingerprint density at radius 3 is 2.76 bits per heavy atom. The number of hydrogen-bond donors (Lipinski definition) is 2. The lowest BCUT2D eigenvalue weighted by Crippen LogP contribution is -2.29. The fourth-order valence-corrected chi connectivity index (χ4v) is 2.83. The van der Waals surface area contributed by atoms with Crippen molar-refractivity contribution in [1.29, 1.82) is 0 Å². The molecule has 1 amide bonds. The Hall–Kier alpha value is -1.71. The average molecular weight is 290 g/mol. The van der Waals surface area contributed by atoms with Gasteiger partial charge in [-0.3, -0.25) is 4.79 Å². The van der Waals surface area contributed by atoms with Crippen molar-refractivity contribution in [2.24, 2.45) is 11.8 Å². The average Bonchev–Trinajstić information content (AvgIpc) is 2.45. The monoisotopic (exact) mass is 290 g/mol. The number of rotatable bonds is 4. The van der Waals surface area contributed by atoms with Gasteiger partial charge in [-0.25, -0.2) is 0 Å². The maximum atomic E-state index is 11.9. The van der Waals surface area contributed by atoms with Crippen molar-refractivity contribution in [3.8, 4) is 5.75 Å². The summed E-state index contributed by atoms with van der Waals surface area (Å²) < 4.78 is 6.07. The highest BCUT2D eigenvalue weighted by Gasteiger charge is 2.26. The molecule has 4 heteroatoms. The highest BCUT2D eigenvalue weighted by molar-refractivity contribution is 5.95. The van der Waals surface area contributed by atoms with Gasteiger partial charge in [0.2, 0.25) is 0 Å². The van der Waals surface area contributed by atoms with Crippen molar-refractivity contribution in [3.63, 3.8) is 0 Å². The van der Waals surface area contributed by atoms with Gasteiger partial charge in [-0.05, 0) is 56.2 Å². The van der Waals surface area contributed by atoms with E-state index in [1.807, 2.05) is 6.92 Å². The molecule has 1 saturated carbocycles. The minimum atomic E-state index is -0.0898. The third-order valence-corrected chi connectivity index (χ3v) is 4.46. The molecule has 0 aliphatic heterocycles. The SMILES string of the molecule is CCNC(=O)c1ccc(N)c(OC2CCC(C)C(C)C2)c1. The van der Waals surface area contributed by atoms with Gasteiger partial charge in [-0.15, -0.1) is 0 Å². The van der Waals surface area contributed by atoms with Gasteiger partial charge in [0.1, 0.15) is 5.75 Å². The molecule has 1 aromatic rings. The van der Waals surface area contributed by atoms with E-state index in [0.29, 0.717) is 29.5 Å². The van der Waals surface area contributed by atoms with Crippen LogP contribution in [0.15, 0.2) is 18.2 Å². The van der Waals surface area contributed by atoms with Crippen LogP contribution in [0.4, 0.5) is 5.69 Å². The first-order valence-corrected chi connectivity index (χ1v) is 7.85. The summed E-state index contributed by atoms with van der Waals surface area (Å²) in [6.45, 7) is 7.08. The van der Waals surface area contributed by atoms with Crippen LogP contribution in [-0.2, 0) is 0 Å². The molecule has 3 atom stereocenters. The van der Waals surface area contributed by atoms with Gasteiger partial charge in [0.15, 0.2) is 0 Å². The molecule has 0 aromatic heterocycles. The number of amides is 1. The van der Waals surface area contributed by atoms with Crippen LogP contribution in [0.1, 0.15) is 50.4 Å². The highest BCUT2D eigenvalue weighted by Crippen LogP contribution is 2.33. The van der Waals surface area contributed by atoms with E-state index in [1.165, 1.54) is 6.42 Å². The molecule has 2 rings (SSSR count). The van der Waals surface area contributed by atoms with Crippen LogP contribution in [0, 0.1) is 11.8 Å². The molecule has 21 heavy (non-hydrogen) atoms. The smallest absolute Gasteiger partial charge is 0.251 e. The third-order valence-electron chi connectivity index (χ3n) is 4.46. The predicted molar refractivity (Wildman–Crippen MR) is 85.5 cm³/mol. The van der Waals surface area contributed by atoms with Gasteiger partial charge in [0.05, 0.1) is 11.8 Å². The lowest BCUT2D eigenvalue weighted by Gasteiger charge is -2.32. The summed E-state index contributed by atoms with van der Waals surface area (Å²) in [6, 6.07) is 5.23. The van der Waals surface area contributed by atoms with Gasteiger partial charge in [-0.2, -0.15) is 0 Å². The lowest BCUT2D eigenvalue weighted by molar-refractivity contribution is 0.0946. The summed E-state index contributed by atoms with van der Waals surface area (Å²) in [7, 11) is 0. The number of nitrogens with one attached hydrogen (secondary N) is 1. The third kappa shape index (κ3) is 3.90. The molecule has 1 aliphatic carbocycles. The van der Waals surface area contributed by atoms with Crippen LogP contribution in [-0.4, -0.2) is 18.6 Å². The van der Waals surface area contributed by atoms with Crippen molar-refractivity contribution >= 4 is 11.6 Å². The number of nitrogens with two attached hydrogens (primary N) is 1. The van der Waals surface area contributed by atoms with Gasteiger partial charge >= 0.3 is 0 Å². The Morgan fingerprint density at radius 1 is 1.33 bits per heavy atom. The molecule has 0 saturated heterocycles. The van der Waals surface area contributed by atoms with Crippen molar-refractivity contribution in [2.75, 3.05) is 12.3 Å². The minimum absolute atomic E-state index is 0.0898. The molecular formula is C17H26N2O2. The summed E-state index contributed by atoms with van der Waals surface area (Å²) >= 11 is 0. The first-order valence-electron chi connectivity index (χ1n) is 7.85. The molecule has 1 fully saturated rings. The first kappa shape index (κ1) is 15.7. The summed E-state index contributed by atoms with van der Waals surface area (Å²) in [5.41, 5.74) is 7.17. The number of benzene rings is 1. The van der Waals surface area contributed by atoms with E-state index in [1.54, 1.807) is 18.2 Å². The van der Waals surface area contributed by atoms with Crippen LogP contribution in [0.2, 0.25) is 0 Å². The zero-order valence-corrected chi connectivity index (χ0v) is 13.2. The molecule has 3 N–H and O–H groups in total. The van der Waals surface area contributed by atoms with Crippen molar-refractivity contribution in [3.05, 3.63) is 23.8 Å². The van der Waals surface area contributed by atoms with Crippen LogP contribution in [0.3, 0.4) is 0 Å². The standard InChI is InChI=1S/C17H26N2O2/c1-4-19-17(20)13-6-8-15(18)16(10-13)21-14-7-5-11(2)12(3)9-14/h6,8,10-12,14H,4-5,7,9,18H2,1-3H3,(H,19,20). The molecule has 1 aliphatic rings. The molecule has 3 unspecified atom stereocenters. The fourth-order valence-electron chi connectivity index (χ4n) is 2.83. The van der Waals surface area contributed by atoms with E-state index in [0.717, 1.165) is 18.8 Å². The van der Waals surface area contributed by atoms with E-state index >= 15 is 0 Å². The molecule has 0 heterocycles. The molecule has 0 spiro atoms. The van der Waals surface area contributed by atoms with E-state index in [-0.39, 0.29) is 12.0 Å². The van der Waals surface area contributed by atoms with Crippen molar-refractivity contribution < 1.29 is 9.53 Å². The van der Waals surface area contributed by atoms with E-state index in [9.17, 15) is 4.79 Å². The zero-order chi connectivity index (χ0) is 15.4. The number of ether oxygens (including phenoxy) is 1. The molecule has 4 nitrogen and oxygen atoms in total. The Labute approximate surface area is 127 Å². The van der Waals surface area contributed by atoms with Gasteiger partial charge < -0.3 is 15.8 Å². The normalized spacial score (nSPS) is 25.4. The largest absolute Gasteiger partial charge is 0.488 e. The minimum Gasteiger partial charge on any atom is -0.488 e. The molecule has 1 aromatic carbocycles. The Bertz CT molecular complexity index is 502. The van der Waals surface area contributed by atoms with E-state index in [2.05, 4.69) is 19.2 Å². The Kier molecular flexibility index (Phi) is 5.10. The molecule has 0 radical (unpaired) electrons. The lowest BCUT2D eigenvalue weighted by atomic mass is 9.80. The summed E-state index contributed by atoms with van der Waals surface area (Å²) in [5.74, 6) is 1.96.